The maximum atomic E-state index is 13.0. The number of hydrogen-bond acceptors (Lipinski definition) is 4. The van der Waals surface area contributed by atoms with Crippen molar-refractivity contribution in [1.82, 2.24) is 9.78 Å². The molecule has 1 aromatic carbocycles. The summed E-state index contributed by atoms with van der Waals surface area (Å²) in [5.74, 6) is -0.453. The van der Waals surface area contributed by atoms with Gasteiger partial charge in [-0.05, 0) is 56.4 Å². The fourth-order valence-electron chi connectivity index (χ4n) is 3.80. The Morgan fingerprint density at radius 2 is 1.92 bits per heavy atom. The van der Waals surface area contributed by atoms with Crippen molar-refractivity contribution >= 4 is 21.4 Å². The minimum Gasteiger partial charge on any atom is -0.321 e. The van der Waals surface area contributed by atoms with Gasteiger partial charge in [0.15, 0.2) is 15.5 Å². The van der Waals surface area contributed by atoms with Gasteiger partial charge in [0.25, 0.3) is 5.91 Å². The average molecular weight is 377 g/mol. The van der Waals surface area contributed by atoms with Gasteiger partial charge in [0.05, 0.1) is 17.5 Å². The van der Waals surface area contributed by atoms with E-state index in [1.807, 2.05) is 0 Å². The highest BCUT2D eigenvalue weighted by Gasteiger charge is 2.34. The zero-order valence-electron chi connectivity index (χ0n) is 14.2. The number of halogens is 1. The van der Waals surface area contributed by atoms with Crippen LogP contribution in [0.4, 0.5) is 10.1 Å². The SMILES string of the molecule is O=C(Nc1ccc(F)cc1)c1nn([C@@H]2CCS(=O)(=O)C2)c2c1CCCC2. The highest BCUT2D eigenvalue weighted by atomic mass is 32.2. The highest BCUT2D eigenvalue weighted by molar-refractivity contribution is 7.91. The molecular formula is C18H20FN3O3S. The van der Waals surface area contributed by atoms with E-state index >= 15 is 0 Å². The smallest absolute Gasteiger partial charge is 0.276 e. The molecule has 2 heterocycles. The molecule has 1 atom stereocenters. The van der Waals surface area contributed by atoms with Crippen LogP contribution in [0.5, 0.6) is 0 Å². The summed E-state index contributed by atoms with van der Waals surface area (Å²) in [6.45, 7) is 0. The van der Waals surface area contributed by atoms with Crippen molar-refractivity contribution in [3.8, 4) is 0 Å². The number of sulfone groups is 1. The molecule has 0 bridgehead atoms. The van der Waals surface area contributed by atoms with Crippen LogP contribution in [-0.2, 0) is 22.7 Å². The Labute approximate surface area is 151 Å². The summed E-state index contributed by atoms with van der Waals surface area (Å²) in [7, 11) is -3.03. The molecule has 1 fully saturated rings. The van der Waals surface area contributed by atoms with Crippen LogP contribution in [0.1, 0.15) is 47.1 Å². The van der Waals surface area contributed by atoms with Crippen LogP contribution in [0.2, 0.25) is 0 Å². The molecule has 0 unspecified atom stereocenters. The molecule has 4 rings (SSSR count). The Balaban J connectivity index is 1.65. The van der Waals surface area contributed by atoms with Crippen molar-refractivity contribution in [3.63, 3.8) is 0 Å². The number of hydrogen-bond donors (Lipinski definition) is 1. The molecule has 1 aliphatic heterocycles. The van der Waals surface area contributed by atoms with Gasteiger partial charge in [0.1, 0.15) is 5.82 Å². The summed E-state index contributed by atoms with van der Waals surface area (Å²) in [5.41, 5.74) is 2.76. The summed E-state index contributed by atoms with van der Waals surface area (Å²) >= 11 is 0. The Bertz CT molecular complexity index is 951. The van der Waals surface area contributed by atoms with Crippen molar-refractivity contribution in [2.24, 2.45) is 0 Å². The van der Waals surface area contributed by atoms with Gasteiger partial charge in [-0.25, -0.2) is 12.8 Å². The van der Waals surface area contributed by atoms with Crippen LogP contribution in [0, 0.1) is 5.82 Å². The van der Waals surface area contributed by atoms with E-state index in [1.165, 1.54) is 24.3 Å². The Kier molecular flexibility index (Phi) is 4.30. The average Bonchev–Trinajstić information content (AvgIpc) is 3.17. The van der Waals surface area contributed by atoms with Crippen molar-refractivity contribution in [1.29, 1.82) is 0 Å². The molecule has 0 saturated carbocycles. The molecule has 1 saturated heterocycles. The number of carbonyl (C=O) groups excluding carboxylic acids is 1. The first-order valence-electron chi connectivity index (χ1n) is 8.80. The molecule has 1 aromatic heterocycles. The third-order valence-corrected chi connectivity index (χ3v) is 6.83. The number of nitrogens with one attached hydrogen (secondary N) is 1. The fraction of sp³-hybridized carbons (Fsp3) is 0.444. The van der Waals surface area contributed by atoms with E-state index in [4.69, 9.17) is 0 Å². The number of rotatable bonds is 3. The number of amides is 1. The van der Waals surface area contributed by atoms with Crippen LogP contribution >= 0.6 is 0 Å². The molecule has 0 spiro atoms. The van der Waals surface area contributed by atoms with Gasteiger partial charge < -0.3 is 5.32 Å². The van der Waals surface area contributed by atoms with Crippen LogP contribution < -0.4 is 5.32 Å². The lowest BCUT2D eigenvalue weighted by molar-refractivity contribution is 0.102. The Hall–Kier alpha value is -2.22. The number of nitrogens with zero attached hydrogens (tertiary/aromatic N) is 2. The van der Waals surface area contributed by atoms with Crippen LogP contribution in [0.15, 0.2) is 24.3 Å². The molecule has 26 heavy (non-hydrogen) atoms. The zero-order valence-corrected chi connectivity index (χ0v) is 15.1. The van der Waals surface area contributed by atoms with Crippen molar-refractivity contribution in [2.75, 3.05) is 16.8 Å². The molecule has 1 N–H and O–H groups in total. The molecule has 2 aliphatic rings. The van der Waals surface area contributed by atoms with Crippen molar-refractivity contribution in [2.45, 2.75) is 38.1 Å². The van der Waals surface area contributed by atoms with Crippen LogP contribution in [0.3, 0.4) is 0 Å². The number of aromatic nitrogens is 2. The van der Waals surface area contributed by atoms with E-state index in [0.717, 1.165) is 36.9 Å². The summed E-state index contributed by atoms with van der Waals surface area (Å²) in [6.07, 6.45) is 4.11. The van der Waals surface area contributed by atoms with Crippen molar-refractivity contribution < 1.29 is 17.6 Å². The zero-order chi connectivity index (χ0) is 18.3. The molecule has 6 nitrogen and oxygen atoms in total. The summed E-state index contributed by atoms with van der Waals surface area (Å²) in [4.78, 5) is 12.7. The standard InChI is InChI=1S/C18H20FN3O3S/c19-12-5-7-13(8-6-12)20-18(23)17-15-3-1-2-4-16(15)22(21-17)14-9-10-26(24,25)11-14/h5-8,14H,1-4,9-11H2,(H,20,23)/t14-/m1/s1. The summed E-state index contributed by atoms with van der Waals surface area (Å²) < 4.78 is 38.5. The second-order valence-corrected chi connectivity index (χ2v) is 9.17. The first-order valence-corrected chi connectivity index (χ1v) is 10.6. The van der Waals surface area contributed by atoms with Crippen LogP contribution in [0.25, 0.3) is 0 Å². The Morgan fingerprint density at radius 3 is 2.62 bits per heavy atom. The van der Waals surface area contributed by atoms with Gasteiger partial charge in [0, 0.05) is 16.9 Å². The lowest BCUT2D eigenvalue weighted by atomic mass is 9.95. The van der Waals surface area contributed by atoms with Gasteiger partial charge in [-0.3, -0.25) is 9.48 Å². The van der Waals surface area contributed by atoms with E-state index in [9.17, 15) is 17.6 Å². The number of benzene rings is 1. The van der Waals surface area contributed by atoms with Crippen molar-refractivity contribution in [3.05, 3.63) is 47.0 Å². The molecular weight excluding hydrogens is 357 g/mol. The first kappa shape index (κ1) is 17.2. The van der Waals surface area contributed by atoms with Gasteiger partial charge in [-0.2, -0.15) is 5.10 Å². The normalized spacial score (nSPS) is 21.3. The minimum atomic E-state index is -3.03. The third-order valence-electron chi connectivity index (χ3n) is 5.08. The number of anilines is 1. The van der Waals surface area contributed by atoms with E-state index in [2.05, 4.69) is 10.4 Å². The first-order chi connectivity index (χ1) is 12.4. The van der Waals surface area contributed by atoms with E-state index in [0.29, 0.717) is 17.8 Å². The van der Waals surface area contributed by atoms with Gasteiger partial charge in [0.2, 0.25) is 0 Å². The number of fused-ring (bicyclic) bond motifs is 1. The Morgan fingerprint density at radius 1 is 1.19 bits per heavy atom. The quantitative estimate of drug-likeness (QED) is 0.891. The van der Waals surface area contributed by atoms with Gasteiger partial charge >= 0.3 is 0 Å². The predicted octanol–water partition coefficient (Wildman–Crippen LogP) is 2.51. The molecule has 138 valence electrons. The molecule has 1 amide bonds. The molecule has 8 heteroatoms. The minimum absolute atomic E-state index is 0.0835. The lowest BCUT2D eigenvalue weighted by Crippen LogP contribution is -2.17. The highest BCUT2D eigenvalue weighted by Crippen LogP contribution is 2.31. The lowest BCUT2D eigenvalue weighted by Gasteiger charge is -2.17. The second-order valence-electron chi connectivity index (χ2n) is 6.94. The van der Waals surface area contributed by atoms with Gasteiger partial charge in [-0.15, -0.1) is 0 Å². The van der Waals surface area contributed by atoms with E-state index in [-0.39, 0.29) is 29.3 Å². The third kappa shape index (κ3) is 3.25. The summed E-state index contributed by atoms with van der Waals surface area (Å²) in [6, 6.07) is 5.37. The molecule has 2 aromatic rings. The molecule has 0 radical (unpaired) electrons. The van der Waals surface area contributed by atoms with E-state index in [1.54, 1.807) is 4.68 Å². The van der Waals surface area contributed by atoms with Crippen LogP contribution in [-0.4, -0.2) is 35.6 Å². The maximum Gasteiger partial charge on any atom is 0.276 e. The maximum absolute atomic E-state index is 13.0. The molecule has 1 aliphatic carbocycles. The fourth-order valence-corrected chi connectivity index (χ4v) is 5.49. The predicted molar refractivity (Wildman–Crippen MR) is 95.5 cm³/mol. The van der Waals surface area contributed by atoms with E-state index < -0.39 is 9.84 Å². The topological polar surface area (TPSA) is 81.1 Å². The van der Waals surface area contributed by atoms with Gasteiger partial charge in [-0.1, -0.05) is 0 Å². The largest absolute Gasteiger partial charge is 0.321 e. The number of carbonyl (C=O) groups is 1. The summed E-state index contributed by atoms with van der Waals surface area (Å²) in [5, 5.41) is 7.28. The second kappa shape index (κ2) is 6.50. The monoisotopic (exact) mass is 377 g/mol.